The molecule has 158 valence electrons. The maximum atomic E-state index is 13.0. The van der Waals surface area contributed by atoms with Crippen LogP contribution in [0.5, 0.6) is 0 Å². The molecule has 0 aliphatic heterocycles. The third-order valence-electron chi connectivity index (χ3n) is 5.82. The monoisotopic (exact) mass is 411 g/mol. The molecule has 1 fully saturated rings. The lowest BCUT2D eigenvalue weighted by Crippen LogP contribution is -2.36. The quantitative estimate of drug-likeness (QED) is 0.663. The molecule has 30 heavy (non-hydrogen) atoms. The molecule has 0 saturated heterocycles. The molecule has 8 heteroatoms. The highest BCUT2D eigenvalue weighted by molar-refractivity contribution is 5.99. The van der Waals surface area contributed by atoms with Gasteiger partial charge in [0.05, 0.1) is 18.2 Å². The first-order valence-electron chi connectivity index (χ1n) is 10.1. The zero-order valence-corrected chi connectivity index (χ0v) is 17.4. The van der Waals surface area contributed by atoms with Gasteiger partial charge in [0.15, 0.2) is 0 Å². The fraction of sp³-hybridized carbons (Fsp3) is 0.409. The zero-order valence-electron chi connectivity index (χ0n) is 17.4. The Morgan fingerprint density at radius 2 is 1.73 bits per heavy atom. The van der Waals surface area contributed by atoms with Gasteiger partial charge in [0.25, 0.3) is 5.56 Å². The number of esters is 1. The highest BCUT2D eigenvalue weighted by Crippen LogP contribution is 2.38. The Hall–Kier alpha value is -3.29. The number of carbonyl (C=O) groups excluding carboxylic acids is 1. The van der Waals surface area contributed by atoms with Crippen molar-refractivity contribution in [2.45, 2.75) is 38.1 Å². The van der Waals surface area contributed by atoms with Crippen molar-refractivity contribution >= 4 is 23.0 Å². The molecule has 1 aliphatic rings. The van der Waals surface area contributed by atoms with Gasteiger partial charge >= 0.3 is 11.7 Å². The van der Waals surface area contributed by atoms with Gasteiger partial charge in [-0.05, 0) is 30.5 Å². The number of nitrogens with one attached hydrogen (secondary N) is 1. The number of methoxy groups -OCH3 is 1. The molecule has 8 nitrogen and oxygen atoms in total. The predicted molar refractivity (Wildman–Crippen MR) is 114 cm³/mol. The summed E-state index contributed by atoms with van der Waals surface area (Å²) in [6.45, 7) is 0. The fourth-order valence-corrected chi connectivity index (χ4v) is 4.12. The Labute approximate surface area is 173 Å². The number of hydrogen-bond donors (Lipinski definition) is 1. The zero-order chi connectivity index (χ0) is 21.4. The van der Waals surface area contributed by atoms with Gasteiger partial charge in [0, 0.05) is 20.1 Å². The second kappa shape index (κ2) is 7.85. The van der Waals surface area contributed by atoms with E-state index in [1.54, 1.807) is 31.3 Å². The number of anilines is 1. The van der Waals surface area contributed by atoms with Gasteiger partial charge in [-0.1, -0.05) is 31.4 Å². The van der Waals surface area contributed by atoms with Crippen LogP contribution >= 0.6 is 0 Å². The largest absolute Gasteiger partial charge is 0.465 e. The summed E-state index contributed by atoms with van der Waals surface area (Å²) in [6, 6.07) is 7.06. The number of aryl methyl sites for hydroxylation is 1. The maximum absolute atomic E-state index is 13.0. The Bertz CT molecular complexity index is 1210. The minimum atomic E-state index is -0.446. The standard InChI is InChI=1S/C22H25N3O5/c1-24-19(26)17-16(13-9-11-14(12-10-13)21(27)29-3)18(23-15-7-5-4-6-8-15)30-20(17)25(2)22(24)28/h9-12,15,23H,4-8H2,1-3H3. The number of benzene rings is 1. The molecule has 2 heterocycles. The van der Waals surface area contributed by atoms with Crippen LogP contribution in [0, 0.1) is 0 Å². The van der Waals surface area contributed by atoms with E-state index >= 15 is 0 Å². The summed E-state index contributed by atoms with van der Waals surface area (Å²) in [7, 11) is 4.37. The van der Waals surface area contributed by atoms with Crippen molar-refractivity contribution in [2.24, 2.45) is 14.1 Å². The van der Waals surface area contributed by atoms with E-state index in [0.29, 0.717) is 22.4 Å². The average molecular weight is 411 g/mol. The van der Waals surface area contributed by atoms with Crippen LogP contribution in [0.25, 0.3) is 22.2 Å². The van der Waals surface area contributed by atoms with Gasteiger partial charge < -0.3 is 14.5 Å². The molecule has 3 aromatic rings. The predicted octanol–water partition coefficient (Wildman–Crippen LogP) is 3.03. The molecule has 0 spiro atoms. The van der Waals surface area contributed by atoms with Crippen LogP contribution in [0.3, 0.4) is 0 Å². The van der Waals surface area contributed by atoms with Crippen molar-refractivity contribution in [1.29, 1.82) is 0 Å². The Balaban J connectivity index is 1.92. The molecule has 1 saturated carbocycles. The molecular formula is C22H25N3O5. The van der Waals surface area contributed by atoms with E-state index in [1.165, 1.54) is 25.1 Å². The maximum Gasteiger partial charge on any atom is 0.337 e. The minimum Gasteiger partial charge on any atom is -0.465 e. The normalized spacial score (nSPS) is 14.8. The lowest BCUT2D eigenvalue weighted by molar-refractivity contribution is 0.0601. The SMILES string of the molecule is COC(=O)c1ccc(-c2c(NC3CCCCC3)oc3c2c(=O)n(C)c(=O)n3C)cc1. The van der Waals surface area contributed by atoms with Crippen LogP contribution in [0.4, 0.5) is 5.88 Å². The molecule has 0 bridgehead atoms. The van der Waals surface area contributed by atoms with Crippen molar-refractivity contribution in [3.8, 4) is 11.1 Å². The molecule has 1 N–H and O–H groups in total. The summed E-state index contributed by atoms with van der Waals surface area (Å²) >= 11 is 0. The summed E-state index contributed by atoms with van der Waals surface area (Å²) in [4.78, 5) is 37.2. The van der Waals surface area contributed by atoms with Gasteiger partial charge in [0.1, 0.15) is 5.39 Å². The van der Waals surface area contributed by atoms with E-state index < -0.39 is 17.2 Å². The molecular weight excluding hydrogens is 386 g/mol. The highest BCUT2D eigenvalue weighted by atomic mass is 16.5. The molecule has 0 radical (unpaired) electrons. The van der Waals surface area contributed by atoms with Crippen molar-refractivity contribution in [2.75, 3.05) is 12.4 Å². The summed E-state index contributed by atoms with van der Waals surface area (Å²) in [5, 5.41) is 3.79. The Morgan fingerprint density at radius 3 is 2.37 bits per heavy atom. The van der Waals surface area contributed by atoms with Crippen LogP contribution in [0.1, 0.15) is 42.5 Å². The molecule has 4 rings (SSSR count). The third kappa shape index (κ3) is 3.32. The van der Waals surface area contributed by atoms with Crippen LogP contribution < -0.4 is 16.6 Å². The number of nitrogens with zero attached hydrogens (tertiary/aromatic N) is 2. The number of furan rings is 1. The number of ether oxygens (including phenoxy) is 1. The molecule has 0 unspecified atom stereocenters. The Morgan fingerprint density at radius 1 is 1.07 bits per heavy atom. The first-order chi connectivity index (χ1) is 14.4. The van der Waals surface area contributed by atoms with Gasteiger partial charge in [-0.25, -0.2) is 9.59 Å². The van der Waals surface area contributed by atoms with Crippen LogP contribution in [0.2, 0.25) is 0 Å². The van der Waals surface area contributed by atoms with Crippen LogP contribution in [0.15, 0.2) is 38.3 Å². The molecule has 0 amide bonds. The summed E-state index contributed by atoms with van der Waals surface area (Å²) in [6.07, 6.45) is 5.54. The second-order valence-electron chi connectivity index (χ2n) is 7.74. The number of rotatable bonds is 4. The number of fused-ring (bicyclic) bond motifs is 1. The fourth-order valence-electron chi connectivity index (χ4n) is 4.12. The number of carbonyl (C=O) groups is 1. The van der Waals surface area contributed by atoms with E-state index in [4.69, 9.17) is 9.15 Å². The number of aromatic nitrogens is 2. The second-order valence-corrected chi connectivity index (χ2v) is 7.74. The molecule has 2 aromatic heterocycles. The smallest absolute Gasteiger partial charge is 0.337 e. The first kappa shape index (κ1) is 20.0. The van der Waals surface area contributed by atoms with E-state index in [9.17, 15) is 14.4 Å². The van der Waals surface area contributed by atoms with Gasteiger partial charge in [-0.15, -0.1) is 0 Å². The van der Waals surface area contributed by atoms with Crippen molar-refractivity contribution in [3.05, 3.63) is 50.7 Å². The summed E-state index contributed by atoms with van der Waals surface area (Å²) in [5.41, 5.74) is 1.10. The molecule has 1 aliphatic carbocycles. The third-order valence-corrected chi connectivity index (χ3v) is 5.82. The van der Waals surface area contributed by atoms with Gasteiger partial charge in [-0.3, -0.25) is 13.9 Å². The van der Waals surface area contributed by atoms with E-state index in [1.807, 2.05) is 0 Å². The van der Waals surface area contributed by atoms with E-state index in [2.05, 4.69) is 5.32 Å². The van der Waals surface area contributed by atoms with Crippen LogP contribution in [-0.4, -0.2) is 28.3 Å². The number of hydrogen-bond acceptors (Lipinski definition) is 6. The van der Waals surface area contributed by atoms with Crippen molar-refractivity contribution in [1.82, 2.24) is 9.13 Å². The summed E-state index contributed by atoms with van der Waals surface area (Å²) in [5.74, 6) is 0.0403. The Kier molecular flexibility index (Phi) is 5.24. The summed E-state index contributed by atoms with van der Waals surface area (Å²) < 4.78 is 13.2. The molecule has 1 aromatic carbocycles. The minimum absolute atomic E-state index is 0.230. The van der Waals surface area contributed by atoms with Crippen molar-refractivity contribution in [3.63, 3.8) is 0 Å². The van der Waals surface area contributed by atoms with Gasteiger partial charge in [0.2, 0.25) is 11.6 Å². The topological polar surface area (TPSA) is 95.5 Å². The highest BCUT2D eigenvalue weighted by Gasteiger charge is 2.25. The lowest BCUT2D eigenvalue weighted by Gasteiger charge is -2.23. The van der Waals surface area contributed by atoms with E-state index in [0.717, 1.165) is 35.8 Å². The lowest BCUT2D eigenvalue weighted by atomic mass is 9.95. The van der Waals surface area contributed by atoms with Crippen molar-refractivity contribution < 1.29 is 13.9 Å². The van der Waals surface area contributed by atoms with E-state index in [-0.39, 0.29) is 11.8 Å². The van der Waals surface area contributed by atoms with Crippen LogP contribution in [-0.2, 0) is 18.8 Å². The first-order valence-corrected chi connectivity index (χ1v) is 10.1. The van der Waals surface area contributed by atoms with Gasteiger partial charge in [-0.2, -0.15) is 0 Å². The average Bonchev–Trinajstić information content (AvgIpc) is 3.15. The molecule has 0 atom stereocenters.